The summed E-state index contributed by atoms with van der Waals surface area (Å²) < 4.78 is 13.6. The van der Waals surface area contributed by atoms with Crippen molar-refractivity contribution in [2.75, 3.05) is 5.32 Å². The lowest BCUT2D eigenvalue weighted by Crippen LogP contribution is -2.07. The van der Waals surface area contributed by atoms with Crippen LogP contribution in [0.25, 0.3) is 6.08 Å². The van der Waals surface area contributed by atoms with Gasteiger partial charge in [0.2, 0.25) is 11.0 Å². The lowest BCUT2D eigenvalue weighted by molar-refractivity contribution is -0.111. The minimum absolute atomic E-state index is 0.199. The molecule has 3 aromatic rings. The molecule has 132 valence electrons. The van der Waals surface area contributed by atoms with Gasteiger partial charge in [-0.25, -0.2) is 4.39 Å². The second-order valence-electron chi connectivity index (χ2n) is 5.32. The van der Waals surface area contributed by atoms with Crippen molar-refractivity contribution in [3.8, 4) is 0 Å². The Kier molecular flexibility index (Phi) is 6.51. The Labute approximate surface area is 159 Å². The van der Waals surface area contributed by atoms with Gasteiger partial charge in [-0.3, -0.25) is 10.1 Å². The fourth-order valence-electron chi connectivity index (χ4n) is 2.11. The number of hydrogen-bond donors (Lipinski definition) is 1. The van der Waals surface area contributed by atoms with Gasteiger partial charge in [-0.2, -0.15) is 0 Å². The molecule has 7 heteroatoms. The number of nitrogens with zero attached hydrogens (tertiary/aromatic N) is 2. The second-order valence-corrected chi connectivity index (χ2v) is 7.37. The zero-order valence-corrected chi connectivity index (χ0v) is 15.4. The third-order valence-electron chi connectivity index (χ3n) is 3.36. The summed E-state index contributed by atoms with van der Waals surface area (Å²) in [5, 5.41) is 12.0. The van der Waals surface area contributed by atoms with Crippen LogP contribution in [0.15, 0.2) is 60.7 Å². The van der Waals surface area contributed by atoms with Crippen LogP contribution in [0.1, 0.15) is 16.1 Å². The van der Waals surface area contributed by atoms with E-state index in [2.05, 4.69) is 15.5 Å². The van der Waals surface area contributed by atoms with Crippen molar-refractivity contribution in [3.05, 3.63) is 82.6 Å². The molecule has 1 N–H and O–H groups in total. The molecule has 0 radical (unpaired) electrons. The van der Waals surface area contributed by atoms with E-state index < -0.39 is 0 Å². The van der Waals surface area contributed by atoms with Crippen LogP contribution in [-0.4, -0.2) is 16.1 Å². The molecule has 3 rings (SSSR count). The van der Waals surface area contributed by atoms with E-state index in [1.54, 1.807) is 30.0 Å². The van der Waals surface area contributed by atoms with Gasteiger partial charge in [-0.15, -0.1) is 22.0 Å². The van der Waals surface area contributed by atoms with Crippen molar-refractivity contribution < 1.29 is 9.18 Å². The van der Waals surface area contributed by atoms with E-state index in [0.29, 0.717) is 22.2 Å². The number of nitrogens with one attached hydrogen (secondary N) is 1. The van der Waals surface area contributed by atoms with Crippen LogP contribution in [0, 0.1) is 5.82 Å². The van der Waals surface area contributed by atoms with Gasteiger partial charge in [-0.05, 0) is 23.3 Å². The van der Waals surface area contributed by atoms with Crippen molar-refractivity contribution in [3.63, 3.8) is 0 Å². The first kappa shape index (κ1) is 18.3. The van der Waals surface area contributed by atoms with Gasteiger partial charge in [0.05, 0.1) is 0 Å². The molecule has 0 bridgehead atoms. The number of amides is 1. The van der Waals surface area contributed by atoms with Gasteiger partial charge in [0.15, 0.2) is 0 Å². The second kappa shape index (κ2) is 9.26. The first-order valence-corrected chi connectivity index (χ1v) is 9.85. The number of halogens is 1. The Balaban J connectivity index is 1.47. The molecule has 0 aliphatic carbocycles. The largest absolute Gasteiger partial charge is 0.297 e. The summed E-state index contributed by atoms with van der Waals surface area (Å²) in [5.74, 6) is 0.723. The molecule has 0 unspecified atom stereocenters. The van der Waals surface area contributed by atoms with Gasteiger partial charge in [0.25, 0.3) is 0 Å². The quantitative estimate of drug-likeness (QED) is 0.596. The zero-order chi connectivity index (χ0) is 18.2. The summed E-state index contributed by atoms with van der Waals surface area (Å²) in [4.78, 5) is 11.9. The normalized spacial score (nSPS) is 11.0. The standard InChI is InChI=1S/C19H16FN3OS2/c20-16-9-5-4-8-15(16)12-25-13-18-22-23-19(26-18)21-17(24)11-10-14-6-2-1-3-7-14/h1-11H,12-13H2,(H,21,23,24)/b11-10-. The minimum atomic E-state index is -0.254. The van der Waals surface area contributed by atoms with E-state index in [9.17, 15) is 9.18 Å². The summed E-state index contributed by atoms with van der Waals surface area (Å²) in [7, 11) is 0. The zero-order valence-electron chi connectivity index (χ0n) is 13.8. The molecule has 0 spiro atoms. The highest BCUT2D eigenvalue weighted by atomic mass is 32.2. The van der Waals surface area contributed by atoms with Crippen molar-refractivity contribution in [2.24, 2.45) is 0 Å². The monoisotopic (exact) mass is 385 g/mol. The van der Waals surface area contributed by atoms with E-state index in [0.717, 1.165) is 10.6 Å². The number of rotatable bonds is 7. The highest BCUT2D eigenvalue weighted by molar-refractivity contribution is 7.97. The van der Waals surface area contributed by atoms with Gasteiger partial charge in [0, 0.05) is 17.6 Å². The number of thioether (sulfide) groups is 1. The maximum atomic E-state index is 13.6. The summed E-state index contributed by atoms with van der Waals surface area (Å²) >= 11 is 2.87. The summed E-state index contributed by atoms with van der Waals surface area (Å²) in [6.07, 6.45) is 3.20. The number of carbonyl (C=O) groups is 1. The highest BCUT2D eigenvalue weighted by Crippen LogP contribution is 2.23. The maximum absolute atomic E-state index is 13.6. The van der Waals surface area contributed by atoms with Crippen LogP contribution < -0.4 is 5.32 Å². The predicted molar refractivity (Wildman–Crippen MR) is 105 cm³/mol. The third-order valence-corrected chi connectivity index (χ3v) is 5.38. The van der Waals surface area contributed by atoms with Crippen LogP contribution in [0.4, 0.5) is 9.52 Å². The molecule has 26 heavy (non-hydrogen) atoms. The molecule has 0 aliphatic heterocycles. The van der Waals surface area contributed by atoms with Crippen LogP contribution in [-0.2, 0) is 16.3 Å². The predicted octanol–water partition coefficient (Wildman–Crippen LogP) is 4.76. The molecular weight excluding hydrogens is 369 g/mol. The Bertz CT molecular complexity index is 897. The lowest BCUT2D eigenvalue weighted by atomic mass is 10.2. The van der Waals surface area contributed by atoms with E-state index in [4.69, 9.17) is 0 Å². The van der Waals surface area contributed by atoms with Gasteiger partial charge >= 0.3 is 0 Å². The van der Waals surface area contributed by atoms with E-state index in [1.165, 1.54) is 23.5 Å². The molecule has 0 saturated heterocycles. The number of hydrogen-bond acceptors (Lipinski definition) is 5. The molecule has 1 amide bonds. The van der Waals surface area contributed by atoms with Crippen molar-refractivity contribution in [1.29, 1.82) is 0 Å². The smallest absolute Gasteiger partial charge is 0.250 e. The number of aromatic nitrogens is 2. The van der Waals surface area contributed by atoms with Gasteiger partial charge in [0.1, 0.15) is 10.8 Å². The first-order valence-electron chi connectivity index (χ1n) is 7.88. The average Bonchev–Trinajstić information content (AvgIpc) is 3.10. The molecule has 0 aliphatic rings. The maximum Gasteiger partial charge on any atom is 0.250 e. The van der Waals surface area contributed by atoms with Crippen LogP contribution in [0.5, 0.6) is 0 Å². The molecular formula is C19H16FN3OS2. The average molecular weight is 385 g/mol. The Morgan fingerprint density at radius 1 is 1.08 bits per heavy atom. The number of carbonyl (C=O) groups excluding carboxylic acids is 1. The molecule has 0 saturated carbocycles. The van der Waals surface area contributed by atoms with E-state index in [-0.39, 0.29) is 11.7 Å². The van der Waals surface area contributed by atoms with Crippen LogP contribution in [0.2, 0.25) is 0 Å². The lowest BCUT2D eigenvalue weighted by Gasteiger charge is -2.01. The van der Waals surface area contributed by atoms with Crippen molar-refractivity contribution in [1.82, 2.24) is 10.2 Å². The van der Waals surface area contributed by atoms with Crippen LogP contribution >= 0.6 is 23.1 Å². The van der Waals surface area contributed by atoms with E-state index in [1.807, 2.05) is 36.4 Å². The first-order chi connectivity index (χ1) is 12.7. The SMILES string of the molecule is O=C(/C=C\c1ccccc1)Nc1nnc(CSCc2ccccc2F)s1. The topological polar surface area (TPSA) is 54.9 Å². The van der Waals surface area contributed by atoms with E-state index >= 15 is 0 Å². The minimum Gasteiger partial charge on any atom is -0.297 e. The number of anilines is 1. The molecule has 0 atom stereocenters. The van der Waals surface area contributed by atoms with Crippen molar-refractivity contribution in [2.45, 2.75) is 11.5 Å². The Morgan fingerprint density at radius 3 is 2.65 bits per heavy atom. The Morgan fingerprint density at radius 2 is 1.85 bits per heavy atom. The highest BCUT2D eigenvalue weighted by Gasteiger charge is 2.07. The number of benzene rings is 2. The van der Waals surface area contributed by atoms with Gasteiger partial charge < -0.3 is 0 Å². The molecule has 2 aromatic carbocycles. The van der Waals surface area contributed by atoms with Crippen LogP contribution in [0.3, 0.4) is 0 Å². The fraction of sp³-hybridized carbons (Fsp3) is 0.105. The summed E-state index contributed by atoms with van der Waals surface area (Å²) in [6, 6.07) is 16.3. The summed E-state index contributed by atoms with van der Waals surface area (Å²) in [6.45, 7) is 0. The Hall–Kier alpha value is -2.51. The van der Waals surface area contributed by atoms with Gasteiger partial charge in [-0.1, -0.05) is 59.9 Å². The molecule has 0 fully saturated rings. The molecule has 4 nitrogen and oxygen atoms in total. The molecule has 1 heterocycles. The molecule has 1 aromatic heterocycles. The third kappa shape index (κ3) is 5.50. The summed E-state index contributed by atoms with van der Waals surface area (Å²) in [5.41, 5.74) is 1.62. The fourth-order valence-corrected chi connectivity index (χ4v) is 3.92. The van der Waals surface area contributed by atoms with Crippen molar-refractivity contribution >= 4 is 40.2 Å².